The van der Waals surface area contributed by atoms with Crippen molar-refractivity contribution in [3.05, 3.63) is 48.5 Å². The number of hydrogen-bond acceptors (Lipinski definition) is 4. The monoisotopic (exact) mass is 326 g/mol. The maximum absolute atomic E-state index is 12.5. The molecule has 0 saturated carbocycles. The number of para-hydroxylation sites is 2. The molecule has 1 aliphatic rings. The molecule has 2 aromatic rings. The van der Waals surface area contributed by atoms with Crippen molar-refractivity contribution in [1.29, 1.82) is 0 Å². The van der Waals surface area contributed by atoms with Gasteiger partial charge in [-0.1, -0.05) is 18.2 Å². The van der Waals surface area contributed by atoms with Gasteiger partial charge in [-0.2, -0.15) is 0 Å². The minimum atomic E-state index is -0.760. The van der Waals surface area contributed by atoms with Gasteiger partial charge in [0.05, 0.1) is 0 Å². The van der Waals surface area contributed by atoms with Crippen molar-refractivity contribution >= 4 is 23.2 Å². The summed E-state index contributed by atoms with van der Waals surface area (Å²) in [5.74, 6) is 0.689. The van der Waals surface area contributed by atoms with E-state index in [-0.39, 0.29) is 11.8 Å². The topological polar surface area (TPSA) is 76.7 Å². The summed E-state index contributed by atoms with van der Waals surface area (Å²) in [6, 6.07) is 14.2. The molecule has 3 rings (SSSR count). The zero-order valence-electron chi connectivity index (χ0n) is 13.4. The van der Waals surface area contributed by atoms with Crippen LogP contribution in [-0.2, 0) is 9.59 Å². The standard InChI is InChI=1S/C18H18N2O4/c1-11-17(24-16-9-4-3-8-15(16)23-11)18(22)20-14-7-5-6-13(10-14)19-12(2)21/h3-11,17H,1-2H3,(H,19,21)(H,20,22). The van der Waals surface area contributed by atoms with E-state index in [9.17, 15) is 9.59 Å². The summed E-state index contributed by atoms with van der Waals surface area (Å²) in [6.45, 7) is 3.21. The van der Waals surface area contributed by atoms with Crippen LogP contribution < -0.4 is 20.1 Å². The van der Waals surface area contributed by atoms with Crippen LogP contribution in [0.2, 0.25) is 0 Å². The zero-order valence-corrected chi connectivity index (χ0v) is 13.4. The Morgan fingerprint density at radius 1 is 0.917 bits per heavy atom. The van der Waals surface area contributed by atoms with E-state index < -0.39 is 12.2 Å². The number of carbonyl (C=O) groups excluding carboxylic acids is 2. The van der Waals surface area contributed by atoms with Crippen LogP contribution >= 0.6 is 0 Å². The second-order valence-electron chi connectivity index (χ2n) is 5.56. The second kappa shape index (κ2) is 6.62. The van der Waals surface area contributed by atoms with Crippen molar-refractivity contribution in [3.63, 3.8) is 0 Å². The van der Waals surface area contributed by atoms with E-state index in [4.69, 9.17) is 9.47 Å². The van der Waals surface area contributed by atoms with Gasteiger partial charge in [0, 0.05) is 18.3 Å². The molecular formula is C18H18N2O4. The average Bonchev–Trinajstić information content (AvgIpc) is 2.53. The predicted molar refractivity (Wildman–Crippen MR) is 90.3 cm³/mol. The summed E-state index contributed by atoms with van der Waals surface area (Å²) in [4.78, 5) is 23.6. The van der Waals surface area contributed by atoms with Crippen LogP contribution in [0.5, 0.6) is 11.5 Å². The summed E-state index contributed by atoms with van der Waals surface area (Å²) in [5.41, 5.74) is 1.18. The first-order valence-electron chi connectivity index (χ1n) is 7.64. The molecule has 2 amide bonds. The smallest absolute Gasteiger partial charge is 0.269 e. The minimum absolute atomic E-state index is 0.173. The third kappa shape index (κ3) is 3.48. The van der Waals surface area contributed by atoms with E-state index in [2.05, 4.69) is 10.6 Å². The molecule has 24 heavy (non-hydrogen) atoms. The molecule has 1 heterocycles. The first-order chi connectivity index (χ1) is 11.5. The lowest BCUT2D eigenvalue weighted by atomic mass is 10.1. The van der Waals surface area contributed by atoms with Crippen molar-refractivity contribution < 1.29 is 19.1 Å². The van der Waals surface area contributed by atoms with Crippen LogP contribution in [0.3, 0.4) is 0 Å². The van der Waals surface area contributed by atoms with E-state index in [1.54, 1.807) is 43.3 Å². The van der Waals surface area contributed by atoms with Gasteiger partial charge >= 0.3 is 0 Å². The van der Waals surface area contributed by atoms with E-state index in [0.29, 0.717) is 22.9 Å². The van der Waals surface area contributed by atoms with Gasteiger partial charge in [-0.3, -0.25) is 9.59 Å². The molecule has 0 radical (unpaired) electrons. The molecule has 0 aromatic heterocycles. The van der Waals surface area contributed by atoms with Crippen molar-refractivity contribution in [1.82, 2.24) is 0 Å². The Morgan fingerprint density at radius 3 is 2.21 bits per heavy atom. The van der Waals surface area contributed by atoms with E-state index in [1.165, 1.54) is 6.92 Å². The lowest BCUT2D eigenvalue weighted by Crippen LogP contribution is -2.46. The maximum atomic E-state index is 12.5. The van der Waals surface area contributed by atoms with Gasteiger partial charge in [-0.15, -0.1) is 0 Å². The molecule has 0 bridgehead atoms. The van der Waals surface area contributed by atoms with Crippen molar-refractivity contribution in [2.24, 2.45) is 0 Å². The number of carbonyl (C=O) groups is 2. The fourth-order valence-corrected chi connectivity index (χ4v) is 2.50. The maximum Gasteiger partial charge on any atom is 0.269 e. The van der Waals surface area contributed by atoms with Crippen LogP contribution in [0, 0.1) is 0 Å². The van der Waals surface area contributed by atoms with Gasteiger partial charge in [0.2, 0.25) is 12.0 Å². The van der Waals surface area contributed by atoms with E-state index >= 15 is 0 Å². The molecule has 6 nitrogen and oxygen atoms in total. The fourth-order valence-electron chi connectivity index (χ4n) is 2.50. The third-order valence-electron chi connectivity index (χ3n) is 3.55. The minimum Gasteiger partial charge on any atom is -0.482 e. The summed E-state index contributed by atoms with van der Waals surface area (Å²) >= 11 is 0. The molecular weight excluding hydrogens is 308 g/mol. The Balaban J connectivity index is 1.72. The number of amides is 2. The largest absolute Gasteiger partial charge is 0.482 e. The fraction of sp³-hybridized carbons (Fsp3) is 0.222. The van der Waals surface area contributed by atoms with Crippen molar-refractivity contribution in [3.8, 4) is 11.5 Å². The molecule has 2 N–H and O–H groups in total. The Kier molecular flexibility index (Phi) is 4.37. The lowest BCUT2D eigenvalue weighted by molar-refractivity contribution is -0.128. The van der Waals surface area contributed by atoms with E-state index in [1.807, 2.05) is 12.1 Å². The molecule has 0 spiro atoms. The number of anilines is 2. The summed E-state index contributed by atoms with van der Waals surface area (Å²) in [7, 11) is 0. The summed E-state index contributed by atoms with van der Waals surface area (Å²) in [5, 5.41) is 5.46. The molecule has 1 aliphatic heterocycles. The van der Waals surface area contributed by atoms with Gasteiger partial charge in [0.15, 0.2) is 11.5 Å². The van der Waals surface area contributed by atoms with Gasteiger partial charge in [-0.25, -0.2) is 0 Å². The highest BCUT2D eigenvalue weighted by molar-refractivity contribution is 5.96. The lowest BCUT2D eigenvalue weighted by Gasteiger charge is -2.31. The van der Waals surface area contributed by atoms with Crippen LogP contribution in [0.15, 0.2) is 48.5 Å². The normalized spacial score (nSPS) is 18.6. The molecule has 6 heteroatoms. The third-order valence-corrected chi connectivity index (χ3v) is 3.55. The first-order valence-corrected chi connectivity index (χ1v) is 7.64. The van der Waals surface area contributed by atoms with Gasteiger partial charge in [0.1, 0.15) is 6.10 Å². The highest BCUT2D eigenvalue weighted by atomic mass is 16.6. The summed E-state index contributed by atoms with van der Waals surface area (Å²) in [6.07, 6.45) is -1.18. The average molecular weight is 326 g/mol. The quantitative estimate of drug-likeness (QED) is 0.909. The van der Waals surface area contributed by atoms with Crippen LogP contribution in [0.25, 0.3) is 0 Å². The Morgan fingerprint density at radius 2 is 1.54 bits per heavy atom. The van der Waals surface area contributed by atoms with Crippen LogP contribution in [0.1, 0.15) is 13.8 Å². The number of nitrogens with one attached hydrogen (secondary N) is 2. The molecule has 0 saturated heterocycles. The second-order valence-corrected chi connectivity index (χ2v) is 5.56. The molecule has 2 aromatic carbocycles. The van der Waals surface area contributed by atoms with Crippen molar-refractivity contribution in [2.45, 2.75) is 26.1 Å². The molecule has 2 atom stereocenters. The van der Waals surface area contributed by atoms with E-state index in [0.717, 1.165) is 0 Å². The Labute approximate surface area is 139 Å². The highest BCUT2D eigenvalue weighted by Gasteiger charge is 2.34. The molecule has 124 valence electrons. The van der Waals surface area contributed by atoms with Crippen molar-refractivity contribution in [2.75, 3.05) is 10.6 Å². The van der Waals surface area contributed by atoms with Gasteiger partial charge < -0.3 is 20.1 Å². The predicted octanol–water partition coefficient (Wildman–Crippen LogP) is 2.81. The number of benzene rings is 2. The number of hydrogen-bond donors (Lipinski definition) is 2. The SMILES string of the molecule is CC(=O)Nc1cccc(NC(=O)C2Oc3ccccc3OC2C)c1. The number of fused-ring (bicyclic) bond motifs is 1. The zero-order chi connectivity index (χ0) is 17.1. The first kappa shape index (κ1) is 15.9. The summed E-state index contributed by atoms with van der Waals surface area (Å²) < 4.78 is 11.5. The molecule has 0 aliphatic carbocycles. The van der Waals surface area contributed by atoms with Crippen LogP contribution in [0.4, 0.5) is 11.4 Å². The van der Waals surface area contributed by atoms with Crippen LogP contribution in [-0.4, -0.2) is 24.0 Å². The Hall–Kier alpha value is -3.02. The molecule has 0 fully saturated rings. The Bertz CT molecular complexity index is 775. The number of ether oxygens (including phenoxy) is 2. The molecule has 2 unspecified atom stereocenters. The van der Waals surface area contributed by atoms with Gasteiger partial charge in [0.25, 0.3) is 5.91 Å². The van der Waals surface area contributed by atoms with Gasteiger partial charge in [-0.05, 0) is 37.3 Å². The highest BCUT2D eigenvalue weighted by Crippen LogP contribution is 2.33. The number of rotatable bonds is 3.